The van der Waals surface area contributed by atoms with Crippen LogP contribution in [0.25, 0.3) is 22.3 Å². The second-order valence-electron chi connectivity index (χ2n) is 6.19. The molecule has 0 amide bonds. The number of benzene rings is 2. The number of fused-ring (bicyclic) bond motifs is 1. The number of aromatic hydroxyl groups is 1. The van der Waals surface area contributed by atoms with Crippen molar-refractivity contribution in [3.63, 3.8) is 0 Å². The molecule has 0 unspecified atom stereocenters. The fraction of sp³-hybridized carbons (Fsp3) is 0.250. The minimum absolute atomic E-state index is 0.0609. The van der Waals surface area contributed by atoms with Gasteiger partial charge in [-0.3, -0.25) is 4.79 Å². The number of phenols is 1. The minimum Gasteiger partial charge on any atom is -0.508 e. The lowest BCUT2D eigenvalue weighted by molar-refractivity contribution is 0.281. The van der Waals surface area contributed by atoms with E-state index in [-0.39, 0.29) is 11.2 Å². The van der Waals surface area contributed by atoms with Crippen molar-refractivity contribution in [1.82, 2.24) is 4.90 Å². The van der Waals surface area contributed by atoms with Crippen LogP contribution in [0.3, 0.4) is 0 Å². The molecule has 0 saturated heterocycles. The Morgan fingerprint density at radius 3 is 2.76 bits per heavy atom. The standard InChI is InChI=1S/C20H21NO4/c1-21(2)9-4-10-24-16-6-3-5-14(11-16)19-13-18(23)17-8-7-15(22)12-20(17)25-19/h3,5-8,11-13,22H,4,9-10H2,1-2H3. The van der Waals surface area contributed by atoms with Crippen LogP contribution in [0.2, 0.25) is 0 Å². The molecule has 2 aromatic carbocycles. The number of hydrogen-bond donors (Lipinski definition) is 1. The lowest BCUT2D eigenvalue weighted by Crippen LogP contribution is -2.15. The first-order chi connectivity index (χ1) is 12.0. The SMILES string of the molecule is CN(C)CCCOc1cccc(-c2cc(=O)c3ccc(O)cc3o2)c1. The van der Waals surface area contributed by atoms with Crippen LogP contribution in [0.4, 0.5) is 0 Å². The average molecular weight is 339 g/mol. The molecule has 130 valence electrons. The normalized spacial score (nSPS) is 11.2. The molecule has 0 bridgehead atoms. The van der Waals surface area contributed by atoms with Gasteiger partial charge in [0.25, 0.3) is 0 Å². The highest BCUT2D eigenvalue weighted by atomic mass is 16.5. The smallest absolute Gasteiger partial charge is 0.193 e. The van der Waals surface area contributed by atoms with Crippen LogP contribution < -0.4 is 10.2 Å². The highest BCUT2D eigenvalue weighted by molar-refractivity contribution is 5.80. The summed E-state index contributed by atoms with van der Waals surface area (Å²) in [6.45, 7) is 1.58. The van der Waals surface area contributed by atoms with Gasteiger partial charge >= 0.3 is 0 Å². The van der Waals surface area contributed by atoms with Crippen LogP contribution >= 0.6 is 0 Å². The van der Waals surface area contributed by atoms with E-state index in [9.17, 15) is 9.90 Å². The summed E-state index contributed by atoms with van der Waals surface area (Å²) in [5.41, 5.74) is 0.973. The number of phenolic OH excluding ortho intramolecular Hbond substituents is 1. The number of rotatable bonds is 6. The topological polar surface area (TPSA) is 62.9 Å². The zero-order valence-electron chi connectivity index (χ0n) is 14.4. The Morgan fingerprint density at radius 2 is 1.96 bits per heavy atom. The Hall–Kier alpha value is -2.79. The van der Waals surface area contributed by atoms with Gasteiger partial charge in [0, 0.05) is 24.2 Å². The zero-order chi connectivity index (χ0) is 17.8. The third-order valence-electron chi connectivity index (χ3n) is 3.85. The Balaban J connectivity index is 1.85. The van der Waals surface area contributed by atoms with Crippen molar-refractivity contribution in [2.24, 2.45) is 0 Å². The molecule has 5 heteroatoms. The molecular formula is C20H21NO4. The molecule has 0 spiro atoms. The number of hydrogen-bond acceptors (Lipinski definition) is 5. The van der Waals surface area contributed by atoms with Crippen molar-refractivity contribution in [3.05, 3.63) is 58.8 Å². The molecule has 0 aliphatic heterocycles. The van der Waals surface area contributed by atoms with Gasteiger partial charge in [0.1, 0.15) is 22.8 Å². The molecule has 0 fully saturated rings. The van der Waals surface area contributed by atoms with E-state index < -0.39 is 0 Å². The van der Waals surface area contributed by atoms with Gasteiger partial charge in [-0.05, 0) is 44.8 Å². The third-order valence-corrected chi connectivity index (χ3v) is 3.85. The van der Waals surface area contributed by atoms with E-state index in [1.54, 1.807) is 6.07 Å². The van der Waals surface area contributed by atoms with E-state index in [1.807, 2.05) is 38.4 Å². The van der Waals surface area contributed by atoms with Crippen molar-refractivity contribution >= 4 is 11.0 Å². The Morgan fingerprint density at radius 1 is 1.12 bits per heavy atom. The van der Waals surface area contributed by atoms with Crippen molar-refractivity contribution in [3.8, 4) is 22.8 Å². The van der Waals surface area contributed by atoms with Gasteiger partial charge in [0.15, 0.2) is 5.43 Å². The summed E-state index contributed by atoms with van der Waals surface area (Å²) in [5, 5.41) is 10.0. The van der Waals surface area contributed by atoms with Crippen molar-refractivity contribution in [2.45, 2.75) is 6.42 Å². The summed E-state index contributed by atoms with van der Waals surface area (Å²) in [7, 11) is 4.06. The molecule has 3 aromatic rings. The molecular weight excluding hydrogens is 318 g/mol. The van der Waals surface area contributed by atoms with Gasteiger partial charge in [0.2, 0.25) is 0 Å². The van der Waals surface area contributed by atoms with Crippen molar-refractivity contribution in [2.75, 3.05) is 27.2 Å². The van der Waals surface area contributed by atoms with Gasteiger partial charge in [-0.2, -0.15) is 0 Å². The molecule has 0 saturated carbocycles. The summed E-state index contributed by atoms with van der Waals surface area (Å²) >= 11 is 0. The quantitative estimate of drug-likeness (QED) is 0.697. The fourth-order valence-electron chi connectivity index (χ4n) is 2.60. The largest absolute Gasteiger partial charge is 0.508 e. The zero-order valence-corrected chi connectivity index (χ0v) is 14.4. The van der Waals surface area contributed by atoms with Gasteiger partial charge in [-0.1, -0.05) is 12.1 Å². The van der Waals surface area contributed by atoms with Crippen LogP contribution in [-0.2, 0) is 0 Å². The van der Waals surface area contributed by atoms with E-state index in [0.29, 0.717) is 23.3 Å². The molecule has 0 radical (unpaired) electrons. The summed E-state index contributed by atoms with van der Waals surface area (Å²) in [6, 6.07) is 13.4. The molecule has 0 aliphatic carbocycles. The van der Waals surface area contributed by atoms with Crippen LogP contribution in [0, 0.1) is 0 Å². The average Bonchev–Trinajstić information content (AvgIpc) is 2.58. The van der Waals surface area contributed by atoms with E-state index in [2.05, 4.69) is 4.90 Å². The molecule has 1 heterocycles. The second-order valence-corrected chi connectivity index (χ2v) is 6.19. The predicted molar refractivity (Wildman–Crippen MR) is 98.3 cm³/mol. The predicted octanol–water partition coefficient (Wildman–Crippen LogP) is 3.50. The van der Waals surface area contributed by atoms with E-state index >= 15 is 0 Å². The number of ether oxygens (including phenoxy) is 1. The van der Waals surface area contributed by atoms with Gasteiger partial charge in [0.05, 0.1) is 12.0 Å². The Bertz CT molecular complexity index is 930. The summed E-state index contributed by atoms with van der Waals surface area (Å²) < 4.78 is 11.6. The highest BCUT2D eigenvalue weighted by Gasteiger charge is 2.08. The lowest BCUT2D eigenvalue weighted by atomic mass is 10.1. The maximum absolute atomic E-state index is 12.3. The first kappa shape index (κ1) is 17.0. The second kappa shape index (κ2) is 7.40. The van der Waals surface area contributed by atoms with Crippen LogP contribution in [0.1, 0.15) is 6.42 Å². The molecule has 5 nitrogen and oxygen atoms in total. The first-order valence-electron chi connectivity index (χ1n) is 8.18. The molecule has 0 atom stereocenters. The van der Waals surface area contributed by atoms with E-state index in [1.165, 1.54) is 18.2 Å². The summed E-state index contributed by atoms with van der Waals surface area (Å²) in [5.74, 6) is 1.24. The minimum atomic E-state index is -0.145. The monoisotopic (exact) mass is 339 g/mol. The van der Waals surface area contributed by atoms with Crippen LogP contribution in [0.5, 0.6) is 11.5 Å². The van der Waals surface area contributed by atoms with Crippen molar-refractivity contribution < 1.29 is 14.3 Å². The molecule has 25 heavy (non-hydrogen) atoms. The third kappa shape index (κ3) is 4.19. The van der Waals surface area contributed by atoms with Gasteiger partial charge < -0.3 is 19.2 Å². The lowest BCUT2D eigenvalue weighted by Gasteiger charge is -2.11. The first-order valence-corrected chi connectivity index (χ1v) is 8.18. The van der Waals surface area contributed by atoms with Crippen molar-refractivity contribution in [1.29, 1.82) is 0 Å². The molecule has 1 N–H and O–H groups in total. The number of nitrogens with zero attached hydrogens (tertiary/aromatic N) is 1. The summed E-state index contributed by atoms with van der Waals surface area (Å²) in [4.78, 5) is 14.4. The fourth-order valence-corrected chi connectivity index (χ4v) is 2.60. The summed E-state index contributed by atoms with van der Waals surface area (Å²) in [6.07, 6.45) is 0.932. The molecule has 0 aliphatic rings. The molecule has 1 aromatic heterocycles. The Labute approximate surface area is 146 Å². The highest BCUT2D eigenvalue weighted by Crippen LogP contribution is 2.27. The molecule has 3 rings (SSSR count). The van der Waals surface area contributed by atoms with Crippen LogP contribution in [0.15, 0.2) is 57.7 Å². The maximum atomic E-state index is 12.3. The maximum Gasteiger partial charge on any atom is 0.193 e. The van der Waals surface area contributed by atoms with E-state index in [0.717, 1.165) is 24.3 Å². The van der Waals surface area contributed by atoms with Crippen LogP contribution in [-0.4, -0.2) is 37.3 Å². The van der Waals surface area contributed by atoms with E-state index in [4.69, 9.17) is 9.15 Å². The van der Waals surface area contributed by atoms with Gasteiger partial charge in [-0.15, -0.1) is 0 Å². The van der Waals surface area contributed by atoms with Gasteiger partial charge in [-0.25, -0.2) is 0 Å². The Kier molecular flexibility index (Phi) is 5.05.